The van der Waals surface area contributed by atoms with Crippen LogP contribution in [-0.2, 0) is 16.0 Å². The molecule has 2 saturated heterocycles. The van der Waals surface area contributed by atoms with E-state index in [0.717, 1.165) is 26.1 Å². The molecule has 1 saturated carbocycles. The molecular weight excluding hydrogens is 308 g/mol. The molecule has 130 valence electrons. The Hall–Kier alpha value is -1.73. The van der Waals surface area contributed by atoms with Crippen LogP contribution in [0.3, 0.4) is 0 Å². The topological polar surface area (TPSA) is 87.3 Å². The molecule has 0 spiro atoms. The first-order chi connectivity index (χ1) is 11.6. The van der Waals surface area contributed by atoms with Gasteiger partial charge in [-0.1, -0.05) is 0 Å². The predicted octanol–water partition coefficient (Wildman–Crippen LogP) is -0.0113. The molecule has 2 aliphatic heterocycles. The van der Waals surface area contributed by atoms with Gasteiger partial charge in [0.1, 0.15) is 5.82 Å². The average Bonchev–Trinajstić information content (AvgIpc) is 3.19. The smallest absolute Gasteiger partial charge is 0.254 e. The number of rotatable bonds is 4. The van der Waals surface area contributed by atoms with E-state index in [1.54, 1.807) is 6.92 Å². The van der Waals surface area contributed by atoms with Gasteiger partial charge in [0.05, 0.1) is 24.6 Å². The van der Waals surface area contributed by atoms with Gasteiger partial charge in [0.25, 0.3) is 5.56 Å². The van der Waals surface area contributed by atoms with Gasteiger partial charge in [-0.25, -0.2) is 4.98 Å². The highest BCUT2D eigenvalue weighted by Crippen LogP contribution is 2.42. The van der Waals surface area contributed by atoms with Crippen LogP contribution >= 0.6 is 0 Å². The van der Waals surface area contributed by atoms with E-state index in [4.69, 9.17) is 4.74 Å². The number of aromatic nitrogens is 2. The van der Waals surface area contributed by atoms with Crippen molar-refractivity contribution in [3.8, 4) is 0 Å². The molecule has 0 radical (unpaired) electrons. The number of aryl methyl sites for hydroxylation is 1. The summed E-state index contributed by atoms with van der Waals surface area (Å²) in [6, 6.07) is 0.430. The van der Waals surface area contributed by atoms with Crippen molar-refractivity contribution >= 4 is 5.91 Å². The minimum atomic E-state index is -0.232. The zero-order valence-electron chi connectivity index (χ0n) is 14.0. The van der Waals surface area contributed by atoms with Gasteiger partial charge < -0.3 is 15.0 Å². The molecule has 1 aromatic rings. The lowest BCUT2D eigenvalue weighted by atomic mass is 9.70. The van der Waals surface area contributed by atoms with E-state index >= 15 is 0 Å². The fraction of sp³-hybridized carbons (Fsp3) is 0.706. The number of nitrogens with one attached hydrogen (secondary N) is 2. The summed E-state index contributed by atoms with van der Waals surface area (Å²) >= 11 is 0. The highest BCUT2D eigenvalue weighted by atomic mass is 16.5. The molecule has 7 nitrogen and oxygen atoms in total. The molecule has 3 fully saturated rings. The van der Waals surface area contributed by atoms with Gasteiger partial charge in [-0.05, 0) is 39.3 Å². The van der Waals surface area contributed by atoms with Crippen LogP contribution in [0.5, 0.6) is 0 Å². The van der Waals surface area contributed by atoms with E-state index in [-0.39, 0.29) is 30.0 Å². The highest BCUT2D eigenvalue weighted by molar-refractivity contribution is 5.79. The summed E-state index contributed by atoms with van der Waals surface area (Å²) in [5.74, 6) is 0.864. The molecule has 24 heavy (non-hydrogen) atoms. The van der Waals surface area contributed by atoms with Crippen LogP contribution < -0.4 is 10.9 Å². The number of hydrogen-bond donors (Lipinski definition) is 2. The first-order valence-electron chi connectivity index (χ1n) is 8.83. The Bertz CT molecular complexity index is 678. The molecular formula is C17H24N4O3. The van der Waals surface area contributed by atoms with Crippen molar-refractivity contribution in [3.05, 3.63) is 27.9 Å². The maximum atomic E-state index is 12.5. The Labute approximate surface area is 140 Å². The molecule has 0 bridgehead atoms. The molecule has 1 aliphatic carbocycles. The van der Waals surface area contributed by atoms with Crippen LogP contribution in [0, 0.1) is 12.8 Å². The van der Waals surface area contributed by atoms with Crippen molar-refractivity contribution in [1.82, 2.24) is 20.2 Å². The van der Waals surface area contributed by atoms with Gasteiger partial charge in [-0.15, -0.1) is 0 Å². The first kappa shape index (κ1) is 15.8. The molecule has 7 heteroatoms. The number of fused-ring (bicyclic) bond motifs is 1. The zero-order valence-corrected chi connectivity index (χ0v) is 14.0. The Morgan fingerprint density at radius 2 is 2.25 bits per heavy atom. The van der Waals surface area contributed by atoms with Gasteiger partial charge >= 0.3 is 0 Å². The van der Waals surface area contributed by atoms with E-state index < -0.39 is 0 Å². The zero-order chi connectivity index (χ0) is 16.7. The summed E-state index contributed by atoms with van der Waals surface area (Å²) in [6.45, 7) is 4.68. The average molecular weight is 332 g/mol. The number of H-pyrrole nitrogens is 1. The number of aromatic amines is 1. The van der Waals surface area contributed by atoms with Crippen molar-refractivity contribution < 1.29 is 9.53 Å². The second kappa shape index (κ2) is 6.29. The lowest BCUT2D eigenvalue weighted by molar-refractivity contribution is -0.128. The minimum absolute atomic E-state index is 0.0735. The Balaban J connectivity index is 1.43. The normalized spacial score (nSPS) is 32.4. The fourth-order valence-electron chi connectivity index (χ4n) is 4.39. The van der Waals surface area contributed by atoms with Crippen LogP contribution in [0.1, 0.15) is 30.7 Å². The number of ether oxygens (including phenoxy) is 1. The largest absolute Gasteiger partial charge is 0.376 e. The number of likely N-dealkylation sites (tertiary alicyclic amines) is 1. The van der Waals surface area contributed by atoms with Crippen LogP contribution in [0.15, 0.2) is 11.0 Å². The summed E-state index contributed by atoms with van der Waals surface area (Å²) < 4.78 is 5.88. The van der Waals surface area contributed by atoms with Crippen LogP contribution in [0.4, 0.5) is 0 Å². The van der Waals surface area contributed by atoms with Gasteiger partial charge in [0.15, 0.2) is 0 Å². The number of nitrogens with zero attached hydrogens (tertiary/aromatic N) is 2. The van der Waals surface area contributed by atoms with E-state index in [0.29, 0.717) is 23.3 Å². The third kappa shape index (κ3) is 2.75. The molecule has 3 aliphatic rings. The summed E-state index contributed by atoms with van der Waals surface area (Å²) in [5.41, 5.74) is 0.179. The van der Waals surface area contributed by atoms with Crippen molar-refractivity contribution in [1.29, 1.82) is 0 Å². The van der Waals surface area contributed by atoms with E-state index in [1.165, 1.54) is 19.0 Å². The quantitative estimate of drug-likeness (QED) is 0.810. The van der Waals surface area contributed by atoms with E-state index in [9.17, 15) is 9.59 Å². The summed E-state index contributed by atoms with van der Waals surface area (Å²) in [7, 11) is 0. The molecule has 4 rings (SSSR count). The molecule has 0 unspecified atom stereocenters. The first-order valence-corrected chi connectivity index (χ1v) is 8.83. The third-order valence-electron chi connectivity index (χ3n) is 5.59. The van der Waals surface area contributed by atoms with Gasteiger partial charge in [0.2, 0.25) is 5.91 Å². The molecule has 0 aromatic carbocycles. The Kier molecular flexibility index (Phi) is 4.14. The standard InChI is InChI=1S/C17H24N4O3/c1-10-18-9-11(17(23)19-10)8-13(22)20-14-12-4-7-24-16(12)15(14)21-5-2-3-6-21/h9,12,14-16H,2-8H2,1H3,(H,20,22)(H,18,19,23)/t12-,14+,15-,16-/m1/s1. The number of carbonyl (C=O) groups excluding carboxylic acids is 1. The molecule has 4 atom stereocenters. The Morgan fingerprint density at radius 3 is 3.00 bits per heavy atom. The molecule has 1 amide bonds. The molecule has 1 aromatic heterocycles. The lowest BCUT2D eigenvalue weighted by Crippen LogP contribution is -2.70. The maximum absolute atomic E-state index is 12.5. The summed E-state index contributed by atoms with van der Waals surface area (Å²) in [4.78, 5) is 33.5. The lowest BCUT2D eigenvalue weighted by Gasteiger charge is -2.51. The van der Waals surface area contributed by atoms with E-state index in [2.05, 4.69) is 20.2 Å². The fourth-order valence-corrected chi connectivity index (χ4v) is 4.39. The van der Waals surface area contributed by atoms with Crippen LogP contribution in [-0.4, -0.2) is 58.7 Å². The van der Waals surface area contributed by atoms with Gasteiger partial charge in [-0.3, -0.25) is 14.5 Å². The highest BCUT2D eigenvalue weighted by Gasteiger charge is 2.56. The monoisotopic (exact) mass is 332 g/mol. The van der Waals surface area contributed by atoms with Crippen molar-refractivity contribution in [2.75, 3.05) is 19.7 Å². The Morgan fingerprint density at radius 1 is 1.46 bits per heavy atom. The number of hydrogen-bond acceptors (Lipinski definition) is 5. The van der Waals surface area contributed by atoms with E-state index in [1.807, 2.05) is 0 Å². The van der Waals surface area contributed by atoms with Gasteiger partial charge in [0, 0.05) is 24.3 Å². The molecule has 2 N–H and O–H groups in total. The van der Waals surface area contributed by atoms with Crippen molar-refractivity contribution in [2.24, 2.45) is 5.92 Å². The predicted molar refractivity (Wildman–Crippen MR) is 87.7 cm³/mol. The SMILES string of the molecule is Cc1ncc(CC(=O)N[C@H]2[C@H]3CCO[C@H]3[C@@H]2N2CCCC2)c(=O)[nH]1. The number of carbonyl (C=O) groups is 1. The maximum Gasteiger partial charge on any atom is 0.254 e. The third-order valence-corrected chi connectivity index (χ3v) is 5.59. The second-order valence-corrected chi connectivity index (χ2v) is 7.11. The van der Waals surface area contributed by atoms with Crippen molar-refractivity contribution in [2.45, 2.75) is 50.8 Å². The van der Waals surface area contributed by atoms with Crippen LogP contribution in [0.25, 0.3) is 0 Å². The summed E-state index contributed by atoms with van der Waals surface area (Å²) in [5, 5.41) is 3.16. The summed E-state index contributed by atoms with van der Waals surface area (Å²) in [6.07, 6.45) is 5.28. The number of amides is 1. The molecule has 3 heterocycles. The second-order valence-electron chi connectivity index (χ2n) is 7.11. The van der Waals surface area contributed by atoms with Crippen molar-refractivity contribution in [3.63, 3.8) is 0 Å². The van der Waals surface area contributed by atoms with Gasteiger partial charge in [-0.2, -0.15) is 0 Å². The minimum Gasteiger partial charge on any atom is -0.376 e. The van der Waals surface area contributed by atoms with Crippen LogP contribution in [0.2, 0.25) is 0 Å².